The summed E-state index contributed by atoms with van der Waals surface area (Å²) >= 11 is 1.45. The Kier molecular flexibility index (Phi) is 3.48. The lowest BCUT2D eigenvalue weighted by molar-refractivity contribution is 0.0945. The second-order valence-electron chi connectivity index (χ2n) is 5.18. The summed E-state index contributed by atoms with van der Waals surface area (Å²) in [5.41, 5.74) is 2.54. The number of benzene rings is 2. The van der Waals surface area contributed by atoms with Gasteiger partial charge in [0.25, 0.3) is 0 Å². The Morgan fingerprint density at radius 2 is 1.74 bits per heavy atom. The molecule has 0 bridgehead atoms. The highest BCUT2D eigenvalue weighted by molar-refractivity contribution is 7.12. The number of carbonyl (C=O) groups is 1. The van der Waals surface area contributed by atoms with Crippen molar-refractivity contribution in [1.29, 1.82) is 0 Å². The number of carbonyl (C=O) groups excluding carboxylic acids is 1. The lowest BCUT2D eigenvalue weighted by Crippen LogP contribution is -2.21. The van der Waals surface area contributed by atoms with Crippen LogP contribution in [-0.2, 0) is 0 Å². The van der Waals surface area contributed by atoms with Gasteiger partial charge in [-0.15, -0.1) is 16.4 Å². The Morgan fingerprint density at radius 3 is 2.52 bits per heavy atom. The molecule has 0 fully saturated rings. The van der Waals surface area contributed by atoms with Gasteiger partial charge in [0.2, 0.25) is 5.78 Å². The minimum atomic E-state index is -0.512. The van der Waals surface area contributed by atoms with Gasteiger partial charge in [0.05, 0.1) is 10.4 Å². The lowest BCUT2D eigenvalue weighted by atomic mass is 10.0. The number of aromatic nitrogens is 3. The van der Waals surface area contributed by atoms with E-state index >= 15 is 0 Å². The summed E-state index contributed by atoms with van der Waals surface area (Å²) in [6.07, 6.45) is 0. The fourth-order valence-corrected chi connectivity index (χ4v) is 3.36. The number of rotatable bonds is 4. The fourth-order valence-electron chi connectivity index (χ4n) is 2.67. The molecule has 4 rings (SSSR count). The third kappa shape index (κ3) is 2.45. The number of ketones is 1. The zero-order chi connectivity index (χ0) is 15.6. The molecule has 23 heavy (non-hydrogen) atoms. The second-order valence-corrected chi connectivity index (χ2v) is 6.13. The van der Waals surface area contributed by atoms with Gasteiger partial charge < -0.3 is 0 Å². The maximum atomic E-state index is 13.1. The van der Waals surface area contributed by atoms with Crippen molar-refractivity contribution in [2.75, 3.05) is 0 Å². The van der Waals surface area contributed by atoms with E-state index in [0.717, 1.165) is 21.5 Å². The molecule has 4 nitrogen and oxygen atoms in total. The zero-order valence-corrected chi connectivity index (χ0v) is 13.0. The summed E-state index contributed by atoms with van der Waals surface area (Å²) in [5, 5.41) is 10.4. The van der Waals surface area contributed by atoms with Gasteiger partial charge in [-0.1, -0.05) is 53.7 Å². The average molecular weight is 319 g/mol. The number of hydrogen-bond donors (Lipinski definition) is 0. The molecule has 2 aromatic heterocycles. The third-order valence-electron chi connectivity index (χ3n) is 3.75. The predicted octanol–water partition coefficient (Wildman–Crippen LogP) is 3.97. The van der Waals surface area contributed by atoms with E-state index in [4.69, 9.17) is 0 Å². The topological polar surface area (TPSA) is 47.8 Å². The number of fused-ring (bicyclic) bond motifs is 1. The highest BCUT2D eigenvalue weighted by atomic mass is 32.1. The molecule has 0 aliphatic heterocycles. The number of thiophene rings is 1. The molecule has 0 aliphatic carbocycles. The van der Waals surface area contributed by atoms with E-state index in [1.54, 1.807) is 4.68 Å². The van der Waals surface area contributed by atoms with Gasteiger partial charge in [-0.3, -0.25) is 4.79 Å². The van der Waals surface area contributed by atoms with Crippen LogP contribution < -0.4 is 0 Å². The van der Waals surface area contributed by atoms with E-state index in [-0.39, 0.29) is 5.78 Å². The normalized spacial score (nSPS) is 12.3. The Bertz CT molecular complexity index is 945. The summed E-state index contributed by atoms with van der Waals surface area (Å²) in [6.45, 7) is 0. The zero-order valence-electron chi connectivity index (χ0n) is 12.2. The van der Waals surface area contributed by atoms with Crippen molar-refractivity contribution in [2.45, 2.75) is 6.04 Å². The van der Waals surface area contributed by atoms with Gasteiger partial charge in [0.15, 0.2) is 0 Å². The Morgan fingerprint density at radius 1 is 0.957 bits per heavy atom. The van der Waals surface area contributed by atoms with Crippen LogP contribution in [0.4, 0.5) is 0 Å². The van der Waals surface area contributed by atoms with E-state index < -0.39 is 6.04 Å². The lowest BCUT2D eigenvalue weighted by Gasteiger charge is -2.16. The van der Waals surface area contributed by atoms with Gasteiger partial charge >= 0.3 is 0 Å². The third-order valence-corrected chi connectivity index (χ3v) is 4.63. The van der Waals surface area contributed by atoms with Gasteiger partial charge in [-0.05, 0) is 29.1 Å². The first-order chi connectivity index (χ1) is 11.3. The van der Waals surface area contributed by atoms with Crippen molar-refractivity contribution in [3.8, 4) is 0 Å². The number of hydrogen-bond acceptors (Lipinski definition) is 4. The molecule has 4 aromatic rings. The van der Waals surface area contributed by atoms with Crippen LogP contribution in [-0.4, -0.2) is 20.8 Å². The molecule has 1 unspecified atom stereocenters. The number of Topliss-reactive ketones (excluding diaryl/α,β-unsaturated/α-hetero) is 1. The summed E-state index contributed by atoms with van der Waals surface area (Å²) in [5.74, 6) is 0.0295. The van der Waals surface area contributed by atoms with Gasteiger partial charge in [0, 0.05) is 0 Å². The summed E-state index contributed by atoms with van der Waals surface area (Å²) in [4.78, 5) is 13.8. The van der Waals surface area contributed by atoms with Crippen molar-refractivity contribution in [3.05, 3.63) is 82.6 Å². The molecule has 0 spiro atoms. The van der Waals surface area contributed by atoms with E-state index in [9.17, 15) is 4.79 Å². The Hall–Kier alpha value is -2.79. The smallest absolute Gasteiger partial charge is 0.201 e. The minimum absolute atomic E-state index is 0.0295. The molecule has 112 valence electrons. The largest absolute Gasteiger partial charge is 0.290 e. The van der Waals surface area contributed by atoms with Crippen LogP contribution in [0.1, 0.15) is 21.3 Å². The molecule has 1 atom stereocenters. The van der Waals surface area contributed by atoms with Crippen LogP contribution in [0, 0.1) is 0 Å². The van der Waals surface area contributed by atoms with E-state index in [1.807, 2.05) is 72.1 Å². The second kappa shape index (κ2) is 5.78. The van der Waals surface area contributed by atoms with E-state index in [1.165, 1.54) is 11.3 Å². The molecule has 2 heterocycles. The fraction of sp³-hybridized carbons (Fsp3) is 0.0556. The predicted molar refractivity (Wildman–Crippen MR) is 90.8 cm³/mol. The molecular formula is C18H13N3OS. The first-order valence-corrected chi connectivity index (χ1v) is 8.15. The Balaban J connectivity index is 1.91. The molecule has 0 amide bonds. The van der Waals surface area contributed by atoms with Crippen molar-refractivity contribution in [1.82, 2.24) is 15.0 Å². The molecule has 0 saturated heterocycles. The van der Waals surface area contributed by atoms with E-state index in [0.29, 0.717) is 0 Å². The molecule has 0 radical (unpaired) electrons. The van der Waals surface area contributed by atoms with Crippen molar-refractivity contribution >= 4 is 28.2 Å². The number of nitrogens with zero attached hydrogens (tertiary/aromatic N) is 3. The van der Waals surface area contributed by atoms with Crippen LogP contribution >= 0.6 is 11.3 Å². The van der Waals surface area contributed by atoms with Crippen LogP contribution in [0.15, 0.2) is 72.1 Å². The highest BCUT2D eigenvalue weighted by Crippen LogP contribution is 2.27. The maximum absolute atomic E-state index is 13.1. The summed E-state index contributed by atoms with van der Waals surface area (Å²) < 4.78 is 1.72. The SMILES string of the molecule is O=C(c1cccs1)C(c1ccccc1)n1nnc2ccccc21. The summed E-state index contributed by atoms with van der Waals surface area (Å²) in [7, 11) is 0. The van der Waals surface area contributed by atoms with Crippen molar-refractivity contribution < 1.29 is 4.79 Å². The molecule has 0 N–H and O–H groups in total. The maximum Gasteiger partial charge on any atom is 0.201 e. The van der Waals surface area contributed by atoms with Crippen molar-refractivity contribution in [3.63, 3.8) is 0 Å². The van der Waals surface area contributed by atoms with Crippen LogP contribution in [0.5, 0.6) is 0 Å². The molecule has 2 aromatic carbocycles. The quantitative estimate of drug-likeness (QED) is 0.535. The molecule has 0 aliphatic rings. The molecule has 5 heteroatoms. The number of para-hydroxylation sites is 1. The van der Waals surface area contributed by atoms with Gasteiger partial charge in [-0.2, -0.15) is 0 Å². The van der Waals surface area contributed by atoms with Crippen LogP contribution in [0.2, 0.25) is 0 Å². The molecule has 0 saturated carbocycles. The first kappa shape index (κ1) is 13.8. The Labute approximate surface area is 137 Å². The van der Waals surface area contributed by atoms with Crippen LogP contribution in [0.25, 0.3) is 11.0 Å². The monoisotopic (exact) mass is 319 g/mol. The molecular weight excluding hydrogens is 306 g/mol. The van der Waals surface area contributed by atoms with Crippen molar-refractivity contribution in [2.24, 2.45) is 0 Å². The summed E-state index contributed by atoms with van der Waals surface area (Å²) in [6, 6.07) is 20.6. The van der Waals surface area contributed by atoms with Gasteiger partial charge in [-0.25, -0.2) is 4.68 Å². The van der Waals surface area contributed by atoms with Crippen LogP contribution in [0.3, 0.4) is 0 Å². The minimum Gasteiger partial charge on any atom is -0.290 e. The average Bonchev–Trinajstić information content (AvgIpc) is 3.26. The standard InChI is InChI=1S/C18H13N3OS/c22-18(16-11-6-12-23-16)17(13-7-2-1-3-8-13)21-15-10-5-4-9-14(15)19-20-21/h1-12,17H. The highest BCUT2D eigenvalue weighted by Gasteiger charge is 2.27. The van der Waals surface area contributed by atoms with E-state index in [2.05, 4.69) is 10.3 Å². The van der Waals surface area contributed by atoms with Gasteiger partial charge in [0.1, 0.15) is 11.6 Å². The first-order valence-electron chi connectivity index (χ1n) is 7.27.